The molecule has 0 heterocycles. The Morgan fingerprint density at radius 1 is 0.390 bits per heavy atom. The highest BCUT2D eigenvalue weighted by atomic mass is 19.2. The van der Waals surface area contributed by atoms with E-state index in [0.717, 1.165) is 55.2 Å². The first-order chi connectivity index (χ1) is 28.7. The maximum atomic E-state index is 16.7. The Bertz CT molecular complexity index is 3050. The molecule has 0 amide bonds. The van der Waals surface area contributed by atoms with Crippen LogP contribution in [0.15, 0.2) is 182 Å². The van der Waals surface area contributed by atoms with Crippen LogP contribution in [0.3, 0.4) is 0 Å². The summed E-state index contributed by atoms with van der Waals surface area (Å²) >= 11 is 0. The molecule has 9 aromatic carbocycles. The van der Waals surface area contributed by atoms with Gasteiger partial charge in [-0.1, -0.05) is 141 Å². The fraction of sp³-hybridized carbons (Fsp3) is 0.0566. The minimum Gasteiger partial charge on any atom is -0.310 e. The molecule has 0 N–H and O–H groups in total. The molecule has 9 aromatic rings. The van der Waals surface area contributed by atoms with Crippen molar-refractivity contribution in [2.75, 3.05) is 9.80 Å². The topological polar surface area (TPSA) is 6.48 Å². The molecule has 0 aliphatic heterocycles. The van der Waals surface area contributed by atoms with Crippen molar-refractivity contribution >= 4 is 55.7 Å². The Labute approximate surface area is 339 Å². The van der Waals surface area contributed by atoms with Crippen LogP contribution in [0.25, 0.3) is 43.8 Å². The molecule has 0 aromatic heterocycles. The molecule has 0 bridgehead atoms. The molecule has 10 rings (SSSR count). The average Bonchev–Trinajstić information content (AvgIpc) is 3.50. The van der Waals surface area contributed by atoms with Crippen LogP contribution < -0.4 is 9.80 Å². The zero-order valence-electron chi connectivity index (χ0n) is 32.2. The van der Waals surface area contributed by atoms with E-state index in [1.165, 1.54) is 17.0 Å². The predicted octanol–water partition coefficient (Wildman–Crippen LogP) is 15.5. The number of fused-ring (bicyclic) bond motifs is 5. The lowest BCUT2D eigenvalue weighted by atomic mass is 9.82. The summed E-state index contributed by atoms with van der Waals surface area (Å²) in [5.41, 5.74) is 5.26. The molecule has 0 atom stereocenters. The van der Waals surface area contributed by atoms with Crippen LogP contribution in [0.5, 0.6) is 0 Å². The summed E-state index contributed by atoms with van der Waals surface area (Å²) in [5, 5.41) is 4.17. The summed E-state index contributed by atoms with van der Waals surface area (Å²) in [6.45, 7) is 4.19. The van der Waals surface area contributed by atoms with Gasteiger partial charge in [-0.15, -0.1) is 0 Å². The maximum absolute atomic E-state index is 16.7. The summed E-state index contributed by atoms with van der Waals surface area (Å²) in [6, 6.07) is 56.9. The molecule has 0 fully saturated rings. The molecule has 0 radical (unpaired) electrons. The van der Waals surface area contributed by atoms with Gasteiger partial charge < -0.3 is 9.80 Å². The normalized spacial score (nSPS) is 12.7. The molecule has 6 heteroatoms. The molecule has 1 aliphatic rings. The van der Waals surface area contributed by atoms with Gasteiger partial charge in [0.15, 0.2) is 23.3 Å². The van der Waals surface area contributed by atoms with Crippen molar-refractivity contribution < 1.29 is 17.6 Å². The van der Waals surface area contributed by atoms with E-state index in [2.05, 4.69) is 43.0 Å². The van der Waals surface area contributed by atoms with Crippen LogP contribution in [0.1, 0.15) is 25.0 Å². The van der Waals surface area contributed by atoms with Crippen molar-refractivity contribution in [3.8, 4) is 22.3 Å². The van der Waals surface area contributed by atoms with Gasteiger partial charge in [0.05, 0.1) is 11.3 Å². The van der Waals surface area contributed by atoms with Gasteiger partial charge in [0.1, 0.15) is 5.69 Å². The van der Waals surface area contributed by atoms with Crippen molar-refractivity contribution in [3.63, 3.8) is 0 Å². The molecule has 1 aliphatic carbocycles. The average molecular weight is 777 g/mol. The summed E-state index contributed by atoms with van der Waals surface area (Å²) < 4.78 is 66.7. The van der Waals surface area contributed by atoms with Gasteiger partial charge in [0, 0.05) is 33.6 Å². The Morgan fingerprint density at radius 2 is 0.949 bits per heavy atom. The van der Waals surface area contributed by atoms with Crippen LogP contribution in [0, 0.1) is 23.3 Å². The predicted molar refractivity (Wildman–Crippen MR) is 234 cm³/mol. The van der Waals surface area contributed by atoms with E-state index in [9.17, 15) is 0 Å². The van der Waals surface area contributed by atoms with E-state index in [-0.39, 0.29) is 5.56 Å². The number of benzene rings is 9. The van der Waals surface area contributed by atoms with Gasteiger partial charge in [-0.3, -0.25) is 0 Å². The second-order valence-electron chi connectivity index (χ2n) is 15.5. The molecule has 59 heavy (non-hydrogen) atoms. The van der Waals surface area contributed by atoms with E-state index in [4.69, 9.17) is 0 Å². The summed E-state index contributed by atoms with van der Waals surface area (Å²) in [7, 11) is 0. The lowest BCUT2D eigenvalue weighted by Crippen LogP contribution is -2.19. The fourth-order valence-corrected chi connectivity index (χ4v) is 8.81. The highest BCUT2D eigenvalue weighted by Crippen LogP contribution is 2.51. The van der Waals surface area contributed by atoms with Crippen LogP contribution in [0.2, 0.25) is 0 Å². The van der Waals surface area contributed by atoms with Gasteiger partial charge in [0.25, 0.3) is 0 Å². The second kappa shape index (κ2) is 14.0. The van der Waals surface area contributed by atoms with E-state index < -0.39 is 39.9 Å². The minimum atomic E-state index is -1.50. The lowest BCUT2D eigenvalue weighted by molar-refractivity contribution is 0.461. The SMILES string of the molecule is CC1(C)c2ccccc2-c2ccc(N(c3ccccc3)c3c(F)c(F)c(-c4ccc(N(c5ccc6ccccc6c5)c5cccc6ccccc56)cc4)c(F)c3F)cc21. The largest absolute Gasteiger partial charge is 0.310 e. The summed E-state index contributed by atoms with van der Waals surface area (Å²) in [5.74, 6) is -5.96. The van der Waals surface area contributed by atoms with Crippen molar-refractivity contribution in [1.29, 1.82) is 0 Å². The van der Waals surface area contributed by atoms with Crippen LogP contribution in [-0.2, 0) is 5.41 Å². The first-order valence-electron chi connectivity index (χ1n) is 19.5. The first-order valence-corrected chi connectivity index (χ1v) is 19.5. The van der Waals surface area contributed by atoms with Gasteiger partial charge >= 0.3 is 0 Å². The molecule has 2 nitrogen and oxygen atoms in total. The Balaban J connectivity index is 1.09. The lowest BCUT2D eigenvalue weighted by Gasteiger charge is -2.29. The molecule has 0 spiro atoms. The number of rotatable bonds is 7. The smallest absolute Gasteiger partial charge is 0.186 e. The molecule has 286 valence electrons. The van der Waals surface area contributed by atoms with Crippen molar-refractivity contribution in [3.05, 3.63) is 216 Å². The third-order valence-electron chi connectivity index (χ3n) is 11.7. The van der Waals surface area contributed by atoms with Crippen LogP contribution >= 0.6 is 0 Å². The third kappa shape index (κ3) is 5.86. The summed E-state index contributed by atoms with van der Waals surface area (Å²) in [6.07, 6.45) is 0. The quantitative estimate of drug-likeness (QED) is 0.117. The van der Waals surface area contributed by atoms with Crippen LogP contribution in [-0.4, -0.2) is 0 Å². The molecule has 0 saturated carbocycles. The fourth-order valence-electron chi connectivity index (χ4n) is 8.81. The Kier molecular flexibility index (Phi) is 8.60. The number of halogens is 4. The highest BCUT2D eigenvalue weighted by molar-refractivity contribution is 6.00. The number of nitrogens with zero attached hydrogens (tertiary/aromatic N) is 2. The van der Waals surface area contributed by atoms with E-state index in [1.807, 2.05) is 97.1 Å². The van der Waals surface area contributed by atoms with Crippen molar-refractivity contribution in [2.45, 2.75) is 19.3 Å². The Hall–Kier alpha value is -7.18. The number of hydrogen-bond acceptors (Lipinski definition) is 2. The zero-order chi connectivity index (χ0) is 40.4. The van der Waals surface area contributed by atoms with Gasteiger partial charge in [-0.2, -0.15) is 0 Å². The van der Waals surface area contributed by atoms with Gasteiger partial charge in [-0.05, 0) is 98.6 Å². The standard InChI is InChI=1S/C53H36F4N2/c1-53(2)44-21-11-10-20-42(44)43-30-29-40(32-45(43)53)59(37-17-4-3-5-18-37)52-50(56)48(54)47(49(55)51(52)57)35-24-26-38(27-25-35)58(39-28-23-33-13-6-7-15-36(33)31-39)46-22-12-16-34-14-8-9-19-41(34)46/h3-32H,1-2H3. The van der Waals surface area contributed by atoms with E-state index >= 15 is 17.6 Å². The summed E-state index contributed by atoms with van der Waals surface area (Å²) in [4.78, 5) is 3.33. The second-order valence-corrected chi connectivity index (χ2v) is 15.5. The third-order valence-corrected chi connectivity index (χ3v) is 11.7. The highest BCUT2D eigenvalue weighted by Gasteiger charge is 2.37. The minimum absolute atomic E-state index is 0.00668. The van der Waals surface area contributed by atoms with E-state index in [0.29, 0.717) is 17.1 Å². The molecule has 0 saturated heterocycles. The number of anilines is 6. The molecule has 0 unspecified atom stereocenters. The van der Waals surface area contributed by atoms with Crippen molar-refractivity contribution in [2.24, 2.45) is 0 Å². The van der Waals surface area contributed by atoms with E-state index in [1.54, 1.807) is 48.5 Å². The number of hydrogen-bond donors (Lipinski definition) is 0. The monoisotopic (exact) mass is 776 g/mol. The molecular formula is C53H36F4N2. The maximum Gasteiger partial charge on any atom is 0.186 e. The van der Waals surface area contributed by atoms with Crippen molar-refractivity contribution in [1.82, 2.24) is 0 Å². The number of para-hydroxylation sites is 1. The van der Waals surface area contributed by atoms with Gasteiger partial charge in [-0.25, -0.2) is 17.6 Å². The zero-order valence-corrected chi connectivity index (χ0v) is 32.2. The first kappa shape index (κ1) is 36.2. The van der Waals surface area contributed by atoms with Gasteiger partial charge in [0.2, 0.25) is 0 Å². The van der Waals surface area contributed by atoms with Crippen LogP contribution in [0.4, 0.5) is 51.7 Å². The molecular weight excluding hydrogens is 741 g/mol. The Morgan fingerprint density at radius 3 is 1.71 bits per heavy atom.